The van der Waals surface area contributed by atoms with Gasteiger partial charge in [0.05, 0.1) is 13.7 Å². The third-order valence-corrected chi connectivity index (χ3v) is 2.97. The summed E-state index contributed by atoms with van der Waals surface area (Å²) in [5, 5.41) is 3.22. The maximum Gasteiger partial charge on any atom is 0.128 e. The van der Waals surface area contributed by atoms with Gasteiger partial charge in [-0.15, -0.1) is 0 Å². The highest BCUT2D eigenvalue weighted by atomic mass is 16.5. The fraction of sp³-hybridized carbons (Fsp3) is 0.615. The molecule has 4 heteroatoms. The first kappa shape index (κ1) is 13.9. The van der Waals surface area contributed by atoms with Crippen LogP contribution in [0, 0.1) is 13.8 Å². The molecule has 96 valence electrons. The predicted molar refractivity (Wildman–Crippen MR) is 68.7 cm³/mol. The SMILES string of the molecule is CNC(COC)Cc1ncc(C)c(OC)c1C. The summed E-state index contributed by atoms with van der Waals surface area (Å²) in [4.78, 5) is 4.48. The average molecular weight is 238 g/mol. The maximum absolute atomic E-state index is 5.40. The number of nitrogens with zero attached hydrogens (tertiary/aromatic N) is 1. The highest BCUT2D eigenvalue weighted by molar-refractivity contribution is 5.41. The lowest BCUT2D eigenvalue weighted by molar-refractivity contribution is 0.169. The molecule has 0 spiro atoms. The fourth-order valence-electron chi connectivity index (χ4n) is 1.96. The van der Waals surface area contributed by atoms with Crippen molar-refractivity contribution in [2.75, 3.05) is 27.9 Å². The van der Waals surface area contributed by atoms with Crippen LogP contribution in [-0.4, -0.2) is 38.9 Å². The zero-order valence-corrected chi connectivity index (χ0v) is 11.3. The Hall–Kier alpha value is -1.13. The molecule has 0 radical (unpaired) electrons. The molecule has 17 heavy (non-hydrogen) atoms. The number of nitrogens with one attached hydrogen (secondary N) is 1. The molecule has 1 aromatic rings. The van der Waals surface area contributed by atoms with Gasteiger partial charge in [0, 0.05) is 42.6 Å². The molecule has 0 bridgehead atoms. The van der Waals surface area contributed by atoms with Crippen LogP contribution in [0.3, 0.4) is 0 Å². The van der Waals surface area contributed by atoms with Gasteiger partial charge < -0.3 is 14.8 Å². The van der Waals surface area contributed by atoms with Crippen molar-refractivity contribution in [3.63, 3.8) is 0 Å². The molecule has 0 aliphatic carbocycles. The molecule has 0 aliphatic rings. The Kier molecular flexibility index (Phi) is 5.38. The zero-order chi connectivity index (χ0) is 12.8. The van der Waals surface area contributed by atoms with Gasteiger partial charge in [0.15, 0.2) is 0 Å². The van der Waals surface area contributed by atoms with Crippen molar-refractivity contribution in [2.24, 2.45) is 0 Å². The second kappa shape index (κ2) is 6.57. The van der Waals surface area contributed by atoms with Crippen LogP contribution in [0.2, 0.25) is 0 Å². The summed E-state index contributed by atoms with van der Waals surface area (Å²) in [5.41, 5.74) is 3.24. The number of rotatable bonds is 6. The summed E-state index contributed by atoms with van der Waals surface area (Å²) in [6.45, 7) is 4.73. The highest BCUT2D eigenvalue weighted by Crippen LogP contribution is 2.24. The second-order valence-corrected chi connectivity index (χ2v) is 4.19. The zero-order valence-electron chi connectivity index (χ0n) is 11.3. The lowest BCUT2D eigenvalue weighted by Gasteiger charge is -2.17. The number of ether oxygens (including phenoxy) is 2. The Morgan fingerprint density at radius 2 is 2.06 bits per heavy atom. The van der Waals surface area contributed by atoms with Crippen LogP contribution >= 0.6 is 0 Å². The standard InChI is InChI=1S/C13H22N2O2/c1-9-7-15-12(10(2)13(9)17-5)6-11(14-3)8-16-4/h7,11,14H,6,8H2,1-5H3. The van der Waals surface area contributed by atoms with E-state index in [1.54, 1.807) is 14.2 Å². The Balaban J connectivity index is 2.91. The van der Waals surface area contributed by atoms with E-state index in [4.69, 9.17) is 9.47 Å². The Bertz CT molecular complexity index is 367. The summed E-state index contributed by atoms with van der Waals surface area (Å²) in [5.74, 6) is 0.933. The van der Waals surface area contributed by atoms with Gasteiger partial charge in [-0.3, -0.25) is 4.98 Å². The first-order valence-corrected chi connectivity index (χ1v) is 5.79. The average Bonchev–Trinajstić information content (AvgIpc) is 2.32. The van der Waals surface area contributed by atoms with Gasteiger partial charge >= 0.3 is 0 Å². The molecule has 0 aliphatic heterocycles. The molecule has 0 amide bonds. The van der Waals surface area contributed by atoms with E-state index in [0.29, 0.717) is 6.61 Å². The number of hydrogen-bond acceptors (Lipinski definition) is 4. The quantitative estimate of drug-likeness (QED) is 0.815. The summed E-state index contributed by atoms with van der Waals surface area (Å²) in [7, 11) is 5.34. The molecular formula is C13H22N2O2. The third-order valence-electron chi connectivity index (χ3n) is 2.97. The Morgan fingerprint density at radius 3 is 2.59 bits per heavy atom. The lowest BCUT2D eigenvalue weighted by atomic mass is 10.0. The van der Waals surface area contributed by atoms with Crippen molar-refractivity contribution in [3.8, 4) is 5.75 Å². The van der Waals surface area contributed by atoms with E-state index in [1.165, 1.54) is 0 Å². The summed E-state index contributed by atoms with van der Waals surface area (Å²) in [6.07, 6.45) is 2.70. The van der Waals surface area contributed by atoms with Crippen LogP contribution in [-0.2, 0) is 11.2 Å². The largest absolute Gasteiger partial charge is 0.496 e. The van der Waals surface area contributed by atoms with Crippen LogP contribution < -0.4 is 10.1 Å². The molecule has 4 nitrogen and oxygen atoms in total. The second-order valence-electron chi connectivity index (χ2n) is 4.19. The third kappa shape index (κ3) is 3.41. The van der Waals surface area contributed by atoms with E-state index in [9.17, 15) is 0 Å². The van der Waals surface area contributed by atoms with Crippen molar-refractivity contribution < 1.29 is 9.47 Å². The minimum atomic E-state index is 0.276. The molecule has 1 atom stereocenters. The Labute approximate surface area is 103 Å². The lowest BCUT2D eigenvalue weighted by Crippen LogP contribution is -2.32. The topological polar surface area (TPSA) is 43.4 Å². The van der Waals surface area contributed by atoms with E-state index < -0.39 is 0 Å². The molecule has 1 aromatic heterocycles. The van der Waals surface area contributed by atoms with E-state index in [0.717, 1.165) is 29.0 Å². The molecule has 0 saturated heterocycles. The van der Waals surface area contributed by atoms with Crippen LogP contribution in [0.4, 0.5) is 0 Å². The summed E-state index contributed by atoms with van der Waals surface area (Å²) in [6, 6.07) is 0.276. The van der Waals surface area contributed by atoms with Gasteiger partial charge in [-0.25, -0.2) is 0 Å². The van der Waals surface area contributed by atoms with Crippen molar-refractivity contribution in [3.05, 3.63) is 23.0 Å². The highest BCUT2D eigenvalue weighted by Gasteiger charge is 2.13. The van der Waals surface area contributed by atoms with Gasteiger partial charge in [-0.05, 0) is 20.9 Å². The van der Waals surface area contributed by atoms with Crippen molar-refractivity contribution in [1.29, 1.82) is 0 Å². The molecule has 1 N–H and O–H groups in total. The molecular weight excluding hydrogens is 216 g/mol. The van der Waals surface area contributed by atoms with Gasteiger partial charge in [-0.1, -0.05) is 0 Å². The number of aromatic nitrogens is 1. The van der Waals surface area contributed by atoms with Crippen molar-refractivity contribution in [1.82, 2.24) is 10.3 Å². The smallest absolute Gasteiger partial charge is 0.128 e. The van der Waals surface area contributed by atoms with E-state index in [1.807, 2.05) is 27.1 Å². The minimum Gasteiger partial charge on any atom is -0.496 e. The van der Waals surface area contributed by atoms with Crippen molar-refractivity contribution in [2.45, 2.75) is 26.3 Å². The molecule has 1 heterocycles. The number of methoxy groups -OCH3 is 2. The van der Waals surface area contributed by atoms with Crippen LogP contribution in [0.5, 0.6) is 5.75 Å². The maximum atomic E-state index is 5.40. The first-order valence-electron chi connectivity index (χ1n) is 5.79. The summed E-state index contributed by atoms with van der Waals surface area (Å²) < 4.78 is 10.6. The molecule has 0 saturated carbocycles. The van der Waals surface area contributed by atoms with Crippen LogP contribution in [0.15, 0.2) is 6.20 Å². The van der Waals surface area contributed by atoms with E-state index in [2.05, 4.69) is 10.3 Å². The van der Waals surface area contributed by atoms with Gasteiger partial charge in [-0.2, -0.15) is 0 Å². The Morgan fingerprint density at radius 1 is 1.35 bits per heavy atom. The minimum absolute atomic E-state index is 0.276. The molecule has 0 aromatic carbocycles. The van der Waals surface area contributed by atoms with Gasteiger partial charge in [0.25, 0.3) is 0 Å². The van der Waals surface area contributed by atoms with E-state index >= 15 is 0 Å². The van der Waals surface area contributed by atoms with Crippen LogP contribution in [0.25, 0.3) is 0 Å². The predicted octanol–water partition coefficient (Wildman–Crippen LogP) is 1.48. The number of hydrogen-bond donors (Lipinski definition) is 1. The fourth-order valence-corrected chi connectivity index (χ4v) is 1.96. The monoisotopic (exact) mass is 238 g/mol. The first-order chi connectivity index (χ1) is 8.13. The number of aryl methyl sites for hydroxylation is 1. The van der Waals surface area contributed by atoms with Gasteiger partial charge in [0.1, 0.15) is 5.75 Å². The number of pyridine rings is 1. The van der Waals surface area contributed by atoms with Crippen molar-refractivity contribution >= 4 is 0 Å². The molecule has 1 unspecified atom stereocenters. The van der Waals surface area contributed by atoms with Crippen LogP contribution in [0.1, 0.15) is 16.8 Å². The summed E-state index contributed by atoms with van der Waals surface area (Å²) >= 11 is 0. The van der Waals surface area contributed by atoms with Gasteiger partial charge in [0.2, 0.25) is 0 Å². The normalized spacial score (nSPS) is 12.5. The molecule has 1 rings (SSSR count). The van der Waals surface area contributed by atoms with E-state index in [-0.39, 0.29) is 6.04 Å². The number of likely N-dealkylation sites (N-methyl/N-ethyl adjacent to an activating group) is 1. The molecule has 0 fully saturated rings.